The van der Waals surface area contributed by atoms with Gasteiger partial charge in [0.15, 0.2) is 0 Å². The number of nitrogens with zero attached hydrogens (tertiary/aromatic N) is 2. The molecular weight excluding hydrogens is 275 g/mol. The number of aromatic amines is 1. The third-order valence-corrected chi connectivity index (χ3v) is 2.75. The zero-order chi connectivity index (χ0) is 15.1. The number of nitrogens with one attached hydrogen (secondary N) is 1. The van der Waals surface area contributed by atoms with Gasteiger partial charge in [-0.3, -0.25) is 0 Å². The second kappa shape index (κ2) is 4.68. The summed E-state index contributed by atoms with van der Waals surface area (Å²) < 4.78 is 42.9. The Morgan fingerprint density at radius 2 is 2.00 bits per heavy atom. The van der Waals surface area contributed by atoms with E-state index in [-0.39, 0.29) is 13.0 Å². The lowest BCUT2D eigenvalue weighted by molar-refractivity contribution is -0.144. The average molecular weight is 291 g/mol. The Balaban J connectivity index is 2.11. The van der Waals surface area contributed by atoms with Crippen molar-refractivity contribution in [1.82, 2.24) is 14.9 Å². The first-order valence-corrected chi connectivity index (χ1v) is 6.19. The molecule has 1 aromatic heterocycles. The highest BCUT2D eigenvalue weighted by molar-refractivity contribution is 5.68. The van der Waals surface area contributed by atoms with Crippen molar-refractivity contribution in [3.8, 4) is 0 Å². The quantitative estimate of drug-likeness (QED) is 0.799. The van der Waals surface area contributed by atoms with Crippen molar-refractivity contribution in [2.45, 2.75) is 45.5 Å². The lowest BCUT2D eigenvalue weighted by Gasteiger charge is -2.29. The van der Waals surface area contributed by atoms with Crippen LogP contribution >= 0.6 is 0 Å². The molecular formula is C12H16F3N3O2. The van der Waals surface area contributed by atoms with E-state index >= 15 is 0 Å². The van der Waals surface area contributed by atoms with Crippen LogP contribution in [0.2, 0.25) is 0 Å². The zero-order valence-corrected chi connectivity index (χ0v) is 11.5. The van der Waals surface area contributed by atoms with Gasteiger partial charge in [-0.15, -0.1) is 0 Å². The summed E-state index contributed by atoms with van der Waals surface area (Å²) in [6, 6.07) is 0. The van der Waals surface area contributed by atoms with Crippen LogP contribution in [-0.2, 0) is 23.9 Å². The Morgan fingerprint density at radius 3 is 2.55 bits per heavy atom. The number of carbonyl (C=O) groups is 1. The molecule has 0 spiro atoms. The number of aromatic nitrogens is 2. The van der Waals surface area contributed by atoms with Crippen LogP contribution in [0.3, 0.4) is 0 Å². The van der Waals surface area contributed by atoms with Crippen molar-refractivity contribution in [3.63, 3.8) is 0 Å². The number of amides is 1. The number of hydrogen-bond donors (Lipinski definition) is 1. The molecule has 0 saturated carbocycles. The standard InChI is InChI=1S/C12H16F3N3O2/c1-11(2,3)20-10(19)18-5-4-7-8(6-18)17-9(16-7)12(13,14)15/h4-6H2,1-3H3,(H,16,17). The first kappa shape index (κ1) is 14.7. The lowest BCUT2D eigenvalue weighted by Crippen LogP contribution is -2.39. The summed E-state index contributed by atoms with van der Waals surface area (Å²) >= 11 is 0. The van der Waals surface area contributed by atoms with Crippen LogP contribution in [0.15, 0.2) is 0 Å². The van der Waals surface area contributed by atoms with E-state index in [4.69, 9.17) is 4.74 Å². The van der Waals surface area contributed by atoms with Crippen LogP contribution in [-0.4, -0.2) is 33.1 Å². The maximum atomic E-state index is 12.6. The van der Waals surface area contributed by atoms with E-state index in [2.05, 4.69) is 9.97 Å². The van der Waals surface area contributed by atoms with Crippen LogP contribution in [0.5, 0.6) is 0 Å². The molecule has 5 nitrogen and oxygen atoms in total. The highest BCUT2D eigenvalue weighted by Crippen LogP contribution is 2.29. The first-order chi connectivity index (χ1) is 9.06. The van der Waals surface area contributed by atoms with Gasteiger partial charge in [0, 0.05) is 13.0 Å². The smallest absolute Gasteiger partial charge is 0.444 e. The number of H-pyrrole nitrogens is 1. The van der Waals surface area contributed by atoms with Crippen LogP contribution in [0, 0.1) is 0 Å². The molecule has 0 unspecified atom stereocenters. The molecule has 20 heavy (non-hydrogen) atoms. The van der Waals surface area contributed by atoms with Gasteiger partial charge in [-0.1, -0.05) is 0 Å². The normalized spacial score (nSPS) is 16.0. The predicted molar refractivity (Wildman–Crippen MR) is 63.9 cm³/mol. The number of hydrogen-bond acceptors (Lipinski definition) is 3. The van der Waals surface area contributed by atoms with Gasteiger partial charge in [0.2, 0.25) is 5.82 Å². The van der Waals surface area contributed by atoms with Gasteiger partial charge in [-0.05, 0) is 20.8 Å². The second-order valence-electron chi connectivity index (χ2n) is 5.66. The van der Waals surface area contributed by atoms with E-state index in [1.807, 2.05) is 0 Å². The van der Waals surface area contributed by atoms with Gasteiger partial charge in [0.25, 0.3) is 0 Å². The highest BCUT2D eigenvalue weighted by atomic mass is 19.4. The molecule has 1 aliphatic rings. The lowest BCUT2D eigenvalue weighted by atomic mass is 10.1. The maximum Gasteiger partial charge on any atom is 0.449 e. The largest absolute Gasteiger partial charge is 0.449 e. The van der Waals surface area contributed by atoms with Crippen molar-refractivity contribution in [1.29, 1.82) is 0 Å². The monoisotopic (exact) mass is 291 g/mol. The van der Waals surface area contributed by atoms with Crippen LogP contribution in [0.1, 0.15) is 38.0 Å². The Hall–Kier alpha value is -1.73. The molecule has 0 aromatic carbocycles. The SMILES string of the molecule is CC(C)(C)OC(=O)N1CCc2nc(C(F)(F)F)[nH]c2C1. The molecule has 0 bridgehead atoms. The van der Waals surface area contributed by atoms with Crippen molar-refractivity contribution in [2.75, 3.05) is 6.54 Å². The number of carbonyl (C=O) groups excluding carboxylic acids is 1. The molecule has 0 aliphatic carbocycles. The van der Waals surface area contributed by atoms with E-state index in [0.717, 1.165) is 0 Å². The Morgan fingerprint density at radius 1 is 1.35 bits per heavy atom. The van der Waals surface area contributed by atoms with E-state index < -0.39 is 23.7 Å². The molecule has 1 aliphatic heterocycles. The number of ether oxygens (including phenoxy) is 1. The van der Waals surface area contributed by atoms with E-state index in [1.54, 1.807) is 20.8 Å². The van der Waals surface area contributed by atoms with E-state index in [1.165, 1.54) is 4.90 Å². The van der Waals surface area contributed by atoms with Crippen LogP contribution in [0.25, 0.3) is 0 Å². The minimum atomic E-state index is -4.51. The summed E-state index contributed by atoms with van der Waals surface area (Å²) in [5.41, 5.74) is 0.0363. The average Bonchev–Trinajstić information content (AvgIpc) is 2.68. The number of imidazole rings is 1. The van der Waals surface area contributed by atoms with E-state index in [0.29, 0.717) is 17.9 Å². The van der Waals surface area contributed by atoms with Crippen molar-refractivity contribution in [3.05, 3.63) is 17.2 Å². The highest BCUT2D eigenvalue weighted by Gasteiger charge is 2.37. The van der Waals surface area contributed by atoms with Crippen molar-refractivity contribution < 1.29 is 22.7 Å². The van der Waals surface area contributed by atoms with Crippen molar-refractivity contribution in [2.24, 2.45) is 0 Å². The zero-order valence-electron chi connectivity index (χ0n) is 11.5. The number of halogens is 3. The summed E-state index contributed by atoms with van der Waals surface area (Å²) in [7, 11) is 0. The molecule has 1 N–H and O–H groups in total. The molecule has 1 aromatic rings. The number of rotatable bonds is 0. The summed E-state index contributed by atoms with van der Waals surface area (Å²) in [4.78, 5) is 19.0. The number of alkyl halides is 3. The molecule has 0 radical (unpaired) electrons. The van der Waals surface area contributed by atoms with Gasteiger partial charge >= 0.3 is 12.3 Å². The summed E-state index contributed by atoms with van der Waals surface area (Å²) in [6.07, 6.45) is -4.76. The molecule has 1 amide bonds. The van der Waals surface area contributed by atoms with Gasteiger partial charge in [-0.2, -0.15) is 13.2 Å². The Labute approximate surface area is 114 Å². The molecule has 0 atom stereocenters. The molecule has 0 fully saturated rings. The molecule has 2 heterocycles. The second-order valence-corrected chi connectivity index (χ2v) is 5.66. The fourth-order valence-corrected chi connectivity index (χ4v) is 1.91. The minimum absolute atomic E-state index is 0.0489. The van der Waals surface area contributed by atoms with Gasteiger partial charge in [0.1, 0.15) is 5.60 Å². The maximum absolute atomic E-state index is 12.6. The summed E-state index contributed by atoms with van der Waals surface area (Å²) in [6.45, 7) is 5.55. The first-order valence-electron chi connectivity index (χ1n) is 6.19. The topological polar surface area (TPSA) is 58.2 Å². The summed E-state index contributed by atoms with van der Waals surface area (Å²) in [5.74, 6) is -1.02. The minimum Gasteiger partial charge on any atom is -0.444 e. The van der Waals surface area contributed by atoms with Crippen molar-refractivity contribution >= 4 is 6.09 Å². The Bertz CT molecular complexity index is 517. The van der Waals surface area contributed by atoms with Gasteiger partial charge in [0.05, 0.1) is 17.9 Å². The third kappa shape index (κ3) is 3.23. The molecule has 8 heteroatoms. The molecule has 2 rings (SSSR count). The fraction of sp³-hybridized carbons (Fsp3) is 0.667. The molecule has 112 valence electrons. The predicted octanol–water partition coefficient (Wildman–Crippen LogP) is 2.72. The molecule has 0 saturated heterocycles. The van der Waals surface area contributed by atoms with Gasteiger partial charge < -0.3 is 14.6 Å². The Kier molecular flexibility index (Phi) is 3.43. The van der Waals surface area contributed by atoms with Crippen LogP contribution < -0.4 is 0 Å². The van der Waals surface area contributed by atoms with Gasteiger partial charge in [-0.25, -0.2) is 9.78 Å². The fourth-order valence-electron chi connectivity index (χ4n) is 1.91. The van der Waals surface area contributed by atoms with Crippen LogP contribution in [0.4, 0.5) is 18.0 Å². The van der Waals surface area contributed by atoms with E-state index in [9.17, 15) is 18.0 Å². The third-order valence-electron chi connectivity index (χ3n) is 2.75. The number of fused-ring (bicyclic) bond motifs is 1. The summed E-state index contributed by atoms with van der Waals surface area (Å²) in [5, 5.41) is 0.